The number of aromatic nitrogens is 2. The summed E-state index contributed by atoms with van der Waals surface area (Å²) in [6.07, 6.45) is 2.26. The number of aromatic amines is 1. The van der Waals surface area contributed by atoms with Crippen molar-refractivity contribution in [2.45, 2.75) is 30.6 Å². The third kappa shape index (κ3) is 4.07. The molecule has 4 rings (SSSR count). The van der Waals surface area contributed by atoms with Gasteiger partial charge in [-0.05, 0) is 62.2 Å². The van der Waals surface area contributed by atoms with E-state index in [-0.39, 0.29) is 10.8 Å². The number of nitrogens with one attached hydrogen (secondary N) is 3. The van der Waals surface area contributed by atoms with Crippen LogP contribution in [0.3, 0.4) is 0 Å². The summed E-state index contributed by atoms with van der Waals surface area (Å²) >= 11 is 0. The van der Waals surface area contributed by atoms with Crippen molar-refractivity contribution in [3.8, 4) is 0 Å². The number of carbonyl (C=O) groups excluding carboxylic acids is 1. The molecule has 1 fully saturated rings. The summed E-state index contributed by atoms with van der Waals surface area (Å²) in [4.78, 5) is 12.5. The summed E-state index contributed by atoms with van der Waals surface area (Å²) in [5.74, 6) is 0.186. The summed E-state index contributed by atoms with van der Waals surface area (Å²) in [5, 5.41) is 9.71. The third-order valence-electron chi connectivity index (χ3n) is 4.57. The molecule has 1 saturated carbocycles. The predicted octanol–water partition coefficient (Wildman–Crippen LogP) is 3.65. The van der Waals surface area contributed by atoms with Gasteiger partial charge in [-0.3, -0.25) is 14.6 Å². The van der Waals surface area contributed by atoms with Crippen LogP contribution < -0.4 is 10.0 Å². The molecule has 0 spiro atoms. The highest BCUT2D eigenvalue weighted by Gasteiger charge is 2.26. The Morgan fingerprint density at radius 2 is 1.68 bits per heavy atom. The molecule has 1 aromatic heterocycles. The van der Waals surface area contributed by atoms with Crippen molar-refractivity contribution >= 4 is 27.3 Å². The highest BCUT2D eigenvalue weighted by molar-refractivity contribution is 7.92. The molecule has 1 heterocycles. The van der Waals surface area contributed by atoms with Crippen molar-refractivity contribution in [1.82, 2.24) is 10.2 Å². The second-order valence-corrected chi connectivity index (χ2v) is 8.62. The van der Waals surface area contributed by atoms with Crippen molar-refractivity contribution in [3.05, 3.63) is 71.5 Å². The Morgan fingerprint density at radius 3 is 2.32 bits per heavy atom. The van der Waals surface area contributed by atoms with E-state index in [0.29, 0.717) is 23.0 Å². The number of rotatable bonds is 6. The van der Waals surface area contributed by atoms with Crippen molar-refractivity contribution < 1.29 is 13.2 Å². The largest absolute Gasteiger partial charge is 0.321 e. The first-order valence-electron chi connectivity index (χ1n) is 8.97. The number of benzene rings is 2. The first-order chi connectivity index (χ1) is 13.4. The van der Waals surface area contributed by atoms with Gasteiger partial charge in [-0.25, -0.2) is 8.42 Å². The van der Waals surface area contributed by atoms with Crippen LogP contribution in [0, 0.1) is 6.92 Å². The molecule has 0 bridgehead atoms. The first-order valence-corrected chi connectivity index (χ1v) is 10.5. The summed E-state index contributed by atoms with van der Waals surface area (Å²) in [6.45, 7) is 1.90. The first kappa shape index (κ1) is 18.2. The fourth-order valence-corrected chi connectivity index (χ4v) is 3.86. The molecule has 0 aliphatic heterocycles. The number of carbonyl (C=O) groups is 1. The van der Waals surface area contributed by atoms with E-state index in [0.717, 1.165) is 24.1 Å². The summed E-state index contributed by atoms with van der Waals surface area (Å²) in [6, 6.07) is 14.9. The average Bonchev–Trinajstić information content (AvgIpc) is 3.40. The van der Waals surface area contributed by atoms with Crippen LogP contribution in [0.5, 0.6) is 0 Å². The number of hydrogen-bond donors (Lipinski definition) is 3. The van der Waals surface area contributed by atoms with Gasteiger partial charge in [0.25, 0.3) is 15.9 Å². The highest BCUT2D eigenvalue weighted by Crippen LogP contribution is 2.39. The minimum atomic E-state index is -3.66. The molecular formula is C20H20N4O3S. The molecule has 8 heteroatoms. The van der Waals surface area contributed by atoms with Crippen molar-refractivity contribution in [2.75, 3.05) is 10.0 Å². The standard InChI is InChI=1S/C20H20N4O3S/c1-13-2-10-17(11-3-13)28(26,27)24-16-8-6-15(7-9-16)21-20(25)19-12-18(22-23-19)14-4-5-14/h2-3,6-12,14,24H,4-5H2,1H3,(H,21,25)(H,22,23). The Kier molecular flexibility index (Phi) is 4.64. The number of aryl methyl sites for hydroxylation is 1. The van der Waals surface area contributed by atoms with Crippen LogP contribution in [0.25, 0.3) is 0 Å². The van der Waals surface area contributed by atoms with Crippen LogP contribution in [-0.2, 0) is 10.0 Å². The number of sulfonamides is 1. The van der Waals surface area contributed by atoms with Crippen LogP contribution in [-0.4, -0.2) is 24.5 Å². The fourth-order valence-electron chi connectivity index (χ4n) is 2.80. The van der Waals surface area contributed by atoms with E-state index in [1.165, 1.54) is 0 Å². The molecule has 2 aromatic carbocycles. The maximum Gasteiger partial charge on any atom is 0.276 e. The quantitative estimate of drug-likeness (QED) is 0.591. The van der Waals surface area contributed by atoms with Gasteiger partial charge in [-0.15, -0.1) is 0 Å². The summed E-state index contributed by atoms with van der Waals surface area (Å²) < 4.78 is 27.4. The monoisotopic (exact) mass is 396 g/mol. The molecule has 28 heavy (non-hydrogen) atoms. The second kappa shape index (κ2) is 7.12. The van der Waals surface area contributed by atoms with Gasteiger partial charge in [0.15, 0.2) is 5.69 Å². The van der Waals surface area contributed by atoms with Gasteiger partial charge >= 0.3 is 0 Å². The molecule has 3 N–H and O–H groups in total. The van der Waals surface area contributed by atoms with Gasteiger partial charge in [-0.2, -0.15) is 5.10 Å². The number of H-pyrrole nitrogens is 1. The van der Waals surface area contributed by atoms with Crippen LogP contribution in [0.4, 0.5) is 11.4 Å². The fraction of sp³-hybridized carbons (Fsp3) is 0.200. The molecule has 3 aromatic rings. The van der Waals surface area contributed by atoms with Crippen LogP contribution in [0.15, 0.2) is 59.5 Å². The maximum absolute atomic E-state index is 12.4. The molecule has 144 valence electrons. The van der Waals surface area contributed by atoms with Crippen molar-refractivity contribution in [1.29, 1.82) is 0 Å². The summed E-state index contributed by atoms with van der Waals surface area (Å²) in [7, 11) is -3.66. The highest BCUT2D eigenvalue weighted by atomic mass is 32.2. The van der Waals surface area contributed by atoms with Gasteiger partial charge in [0.1, 0.15) is 0 Å². The van der Waals surface area contributed by atoms with E-state index in [9.17, 15) is 13.2 Å². The molecule has 7 nitrogen and oxygen atoms in total. The zero-order chi connectivity index (χ0) is 19.7. The van der Waals surface area contributed by atoms with Gasteiger partial charge in [0.05, 0.1) is 4.90 Å². The molecule has 0 saturated heterocycles. The lowest BCUT2D eigenvalue weighted by Gasteiger charge is -2.09. The molecule has 0 atom stereocenters. The number of nitrogens with zero attached hydrogens (tertiary/aromatic N) is 1. The topological polar surface area (TPSA) is 104 Å². The van der Waals surface area contributed by atoms with Crippen LogP contribution in [0.1, 0.15) is 40.5 Å². The van der Waals surface area contributed by atoms with E-state index in [1.807, 2.05) is 6.92 Å². The van der Waals surface area contributed by atoms with E-state index >= 15 is 0 Å². The zero-order valence-electron chi connectivity index (χ0n) is 15.3. The smallest absolute Gasteiger partial charge is 0.276 e. The molecule has 1 aliphatic carbocycles. The van der Waals surface area contributed by atoms with E-state index in [1.54, 1.807) is 54.6 Å². The van der Waals surface area contributed by atoms with Crippen molar-refractivity contribution in [3.63, 3.8) is 0 Å². The minimum Gasteiger partial charge on any atom is -0.321 e. The molecule has 0 unspecified atom stereocenters. The van der Waals surface area contributed by atoms with Gasteiger partial charge < -0.3 is 5.32 Å². The van der Waals surface area contributed by atoms with Gasteiger partial charge in [-0.1, -0.05) is 17.7 Å². The number of hydrogen-bond acceptors (Lipinski definition) is 4. The lowest BCUT2D eigenvalue weighted by atomic mass is 10.2. The minimum absolute atomic E-state index is 0.195. The van der Waals surface area contributed by atoms with E-state index in [4.69, 9.17) is 0 Å². The number of anilines is 2. The Balaban J connectivity index is 1.41. The Labute approximate surface area is 163 Å². The number of amides is 1. The zero-order valence-corrected chi connectivity index (χ0v) is 16.1. The third-order valence-corrected chi connectivity index (χ3v) is 5.97. The van der Waals surface area contributed by atoms with Crippen molar-refractivity contribution in [2.24, 2.45) is 0 Å². The SMILES string of the molecule is Cc1ccc(S(=O)(=O)Nc2ccc(NC(=O)c3cc(C4CC4)[nH]n3)cc2)cc1. The Bertz CT molecular complexity index is 1100. The Morgan fingerprint density at radius 1 is 1.04 bits per heavy atom. The van der Waals surface area contributed by atoms with E-state index in [2.05, 4.69) is 20.2 Å². The second-order valence-electron chi connectivity index (χ2n) is 6.93. The van der Waals surface area contributed by atoms with Gasteiger partial charge in [0.2, 0.25) is 0 Å². The lowest BCUT2D eigenvalue weighted by molar-refractivity contribution is 0.102. The predicted molar refractivity (Wildman–Crippen MR) is 107 cm³/mol. The van der Waals surface area contributed by atoms with E-state index < -0.39 is 10.0 Å². The summed E-state index contributed by atoms with van der Waals surface area (Å²) in [5.41, 5.74) is 3.28. The lowest BCUT2D eigenvalue weighted by Crippen LogP contribution is -2.14. The average molecular weight is 396 g/mol. The molecule has 1 aliphatic rings. The van der Waals surface area contributed by atoms with Crippen LogP contribution in [0.2, 0.25) is 0 Å². The maximum atomic E-state index is 12.4. The normalized spacial score (nSPS) is 13.9. The molecular weight excluding hydrogens is 376 g/mol. The Hall–Kier alpha value is -3.13. The van der Waals surface area contributed by atoms with Gasteiger partial charge in [0, 0.05) is 23.0 Å². The van der Waals surface area contributed by atoms with Crippen LogP contribution >= 0.6 is 0 Å². The molecule has 1 amide bonds. The molecule has 0 radical (unpaired) electrons.